The Labute approximate surface area is 171 Å². The fourth-order valence-electron chi connectivity index (χ4n) is 3.46. The molecule has 6 heteroatoms. The van der Waals surface area contributed by atoms with Gasteiger partial charge in [0, 0.05) is 32.5 Å². The number of likely N-dealkylation sites (tertiary alicyclic amines) is 1. The maximum atomic E-state index is 12.8. The normalized spacial score (nSPS) is 17.0. The Morgan fingerprint density at radius 2 is 1.57 bits per heavy atom. The largest absolute Gasteiger partial charge is 0.354 e. The Bertz CT molecular complexity index is 530. The third-order valence-electron chi connectivity index (χ3n) is 4.92. The van der Waals surface area contributed by atoms with Crippen LogP contribution in [0.15, 0.2) is 0 Å². The first-order valence-electron chi connectivity index (χ1n) is 10.7. The quantitative estimate of drug-likeness (QED) is 0.663. The molecule has 6 nitrogen and oxygen atoms in total. The molecule has 1 rings (SSSR count). The molecule has 28 heavy (non-hydrogen) atoms. The molecule has 1 aliphatic heterocycles. The Hall–Kier alpha value is -1.59. The predicted octanol–water partition coefficient (Wildman–Crippen LogP) is 2.96. The lowest BCUT2D eigenvalue weighted by molar-refractivity contribution is -0.136. The van der Waals surface area contributed by atoms with Crippen molar-refractivity contribution in [2.45, 2.75) is 80.2 Å². The van der Waals surface area contributed by atoms with Crippen LogP contribution in [0.2, 0.25) is 0 Å². The van der Waals surface area contributed by atoms with Gasteiger partial charge in [-0.2, -0.15) is 0 Å². The molecule has 0 aromatic heterocycles. The summed E-state index contributed by atoms with van der Waals surface area (Å²) >= 11 is 0. The van der Waals surface area contributed by atoms with Gasteiger partial charge < -0.3 is 15.5 Å². The van der Waals surface area contributed by atoms with Crippen LogP contribution in [-0.2, 0) is 14.4 Å². The Balaban J connectivity index is 2.73. The Kier molecular flexibility index (Phi) is 9.45. The Morgan fingerprint density at radius 3 is 2.04 bits per heavy atom. The molecule has 0 aliphatic carbocycles. The van der Waals surface area contributed by atoms with Crippen molar-refractivity contribution in [2.24, 2.45) is 23.2 Å². The van der Waals surface area contributed by atoms with Gasteiger partial charge >= 0.3 is 0 Å². The summed E-state index contributed by atoms with van der Waals surface area (Å²) in [5, 5.41) is 5.94. The summed E-state index contributed by atoms with van der Waals surface area (Å²) in [6, 6.07) is -0.523. The first kappa shape index (κ1) is 24.4. The van der Waals surface area contributed by atoms with Crippen molar-refractivity contribution < 1.29 is 14.4 Å². The van der Waals surface area contributed by atoms with Crippen LogP contribution in [0.5, 0.6) is 0 Å². The van der Waals surface area contributed by atoms with E-state index in [2.05, 4.69) is 31.4 Å². The van der Waals surface area contributed by atoms with Crippen molar-refractivity contribution in [3.8, 4) is 0 Å². The summed E-state index contributed by atoms with van der Waals surface area (Å²) < 4.78 is 0. The minimum Gasteiger partial charge on any atom is -0.354 e. The molecule has 0 radical (unpaired) electrons. The van der Waals surface area contributed by atoms with E-state index in [1.54, 1.807) is 0 Å². The molecule has 1 heterocycles. The lowest BCUT2D eigenvalue weighted by Crippen LogP contribution is -2.54. The third kappa shape index (κ3) is 9.07. The minimum absolute atomic E-state index is 0.0297. The topological polar surface area (TPSA) is 78.5 Å². The summed E-state index contributed by atoms with van der Waals surface area (Å²) in [5.74, 6) is 0.651. The van der Waals surface area contributed by atoms with Crippen LogP contribution in [0, 0.1) is 23.2 Å². The molecule has 162 valence electrons. The number of amides is 3. The molecule has 0 saturated carbocycles. The monoisotopic (exact) mass is 395 g/mol. The number of carbonyl (C=O) groups is 3. The summed E-state index contributed by atoms with van der Waals surface area (Å²) in [5.41, 5.74) is -0.0297. The molecule has 0 aromatic rings. The van der Waals surface area contributed by atoms with Crippen molar-refractivity contribution in [3.05, 3.63) is 0 Å². The van der Waals surface area contributed by atoms with Gasteiger partial charge in [-0.1, -0.05) is 48.5 Å². The lowest BCUT2D eigenvalue weighted by Gasteiger charge is -2.37. The average molecular weight is 396 g/mol. The van der Waals surface area contributed by atoms with Crippen LogP contribution in [0.1, 0.15) is 74.1 Å². The highest BCUT2D eigenvalue weighted by Crippen LogP contribution is 2.25. The lowest BCUT2D eigenvalue weighted by atomic mass is 9.87. The molecule has 0 aromatic carbocycles. The molecule has 0 spiro atoms. The molecule has 1 unspecified atom stereocenters. The van der Waals surface area contributed by atoms with E-state index in [-0.39, 0.29) is 35.0 Å². The molecule has 1 fully saturated rings. The number of hydrogen-bond donors (Lipinski definition) is 2. The van der Waals surface area contributed by atoms with Crippen molar-refractivity contribution in [1.29, 1.82) is 0 Å². The Morgan fingerprint density at radius 1 is 1.00 bits per heavy atom. The third-order valence-corrected chi connectivity index (χ3v) is 4.92. The van der Waals surface area contributed by atoms with E-state index in [1.807, 2.05) is 32.6 Å². The van der Waals surface area contributed by atoms with E-state index in [4.69, 9.17) is 0 Å². The molecule has 2 N–H and O–H groups in total. The zero-order valence-corrected chi connectivity index (χ0v) is 18.9. The summed E-state index contributed by atoms with van der Waals surface area (Å²) in [6.45, 7) is 16.2. The van der Waals surface area contributed by atoms with E-state index < -0.39 is 6.04 Å². The van der Waals surface area contributed by atoms with Crippen molar-refractivity contribution in [1.82, 2.24) is 15.5 Å². The fourth-order valence-corrected chi connectivity index (χ4v) is 3.46. The van der Waals surface area contributed by atoms with Crippen molar-refractivity contribution in [2.75, 3.05) is 19.6 Å². The van der Waals surface area contributed by atoms with Gasteiger partial charge in [-0.3, -0.25) is 14.4 Å². The van der Waals surface area contributed by atoms with Gasteiger partial charge in [0.15, 0.2) is 0 Å². The van der Waals surface area contributed by atoms with Gasteiger partial charge in [0.2, 0.25) is 17.7 Å². The van der Waals surface area contributed by atoms with Gasteiger partial charge in [0.25, 0.3) is 0 Å². The van der Waals surface area contributed by atoms with Crippen LogP contribution in [0.3, 0.4) is 0 Å². The molecule has 3 amide bonds. The van der Waals surface area contributed by atoms with E-state index in [1.165, 1.54) is 0 Å². The highest BCUT2D eigenvalue weighted by Gasteiger charge is 2.34. The van der Waals surface area contributed by atoms with Crippen LogP contribution in [-0.4, -0.2) is 48.3 Å². The van der Waals surface area contributed by atoms with Crippen LogP contribution >= 0.6 is 0 Å². The van der Waals surface area contributed by atoms with Crippen LogP contribution in [0.25, 0.3) is 0 Å². The summed E-state index contributed by atoms with van der Waals surface area (Å²) in [4.78, 5) is 39.5. The van der Waals surface area contributed by atoms with E-state index in [0.29, 0.717) is 38.4 Å². The van der Waals surface area contributed by atoms with E-state index >= 15 is 0 Å². The minimum atomic E-state index is -0.523. The highest BCUT2D eigenvalue weighted by atomic mass is 16.2. The zero-order chi connectivity index (χ0) is 21.5. The maximum absolute atomic E-state index is 12.8. The first-order chi connectivity index (χ1) is 12.9. The number of carbonyl (C=O) groups excluding carboxylic acids is 3. The second kappa shape index (κ2) is 10.8. The first-order valence-corrected chi connectivity index (χ1v) is 10.7. The van der Waals surface area contributed by atoms with Gasteiger partial charge in [-0.15, -0.1) is 0 Å². The molecule has 1 aliphatic rings. The van der Waals surface area contributed by atoms with Crippen LogP contribution < -0.4 is 10.6 Å². The van der Waals surface area contributed by atoms with Gasteiger partial charge in [-0.25, -0.2) is 0 Å². The van der Waals surface area contributed by atoms with Gasteiger partial charge in [0.05, 0.1) is 0 Å². The zero-order valence-electron chi connectivity index (χ0n) is 18.9. The van der Waals surface area contributed by atoms with Crippen LogP contribution in [0.4, 0.5) is 0 Å². The highest BCUT2D eigenvalue weighted by molar-refractivity contribution is 5.88. The number of nitrogens with zero attached hydrogens (tertiary/aromatic N) is 1. The van der Waals surface area contributed by atoms with Crippen molar-refractivity contribution in [3.63, 3.8) is 0 Å². The summed E-state index contributed by atoms with van der Waals surface area (Å²) in [6.07, 6.45) is 2.41. The molecular formula is C22H41N3O3. The molecular weight excluding hydrogens is 354 g/mol. The number of piperidine rings is 1. The number of hydrogen-bond acceptors (Lipinski definition) is 3. The number of nitrogens with one attached hydrogen (secondary N) is 2. The SMILES string of the molecule is CC(C)CNC(=O)C(NC(=O)CC(C)C)C1CCN(C(=O)CC(C)(C)C)CC1. The number of rotatable bonds is 8. The predicted molar refractivity (Wildman–Crippen MR) is 113 cm³/mol. The van der Waals surface area contributed by atoms with E-state index in [9.17, 15) is 14.4 Å². The van der Waals surface area contributed by atoms with Gasteiger partial charge in [0.1, 0.15) is 6.04 Å². The van der Waals surface area contributed by atoms with E-state index in [0.717, 1.165) is 12.8 Å². The second-order valence-electron chi connectivity index (χ2n) is 10.2. The molecule has 1 atom stereocenters. The summed E-state index contributed by atoms with van der Waals surface area (Å²) in [7, 11) is 0. The maximum Gasteiger partial charge on any atom is 0.242 e. The average Bonchev–Trinajstić information content (AvgIpc) is 2.55. The standard InChI is InChI=1S/C22H41N3O3/c1-15(2)12-18(26)24-20(21(28)23-14-16(3)4)17-8-10-25(11-9-17)19(27)13-22(5,6)7/h15-17,20H,8-14H2,1-7H3,(H,23,28)(H,24,26). The molecule has 0 bridgehead atoms. The molecule has 1 saturated heterocycles. The fraction of sp³-hybridized carbons (Fsp3) is 0.864. The second-order valence-corrected chi connectivity index (χ2v) is 10.2. The van der Waals surface area contributed by atoms with Crippen molar-refractivity contribution >= 4 is 17.7 Å². The van der Waals surface area contributed by atoms with Gasteiger partial charge in [-0.05, 0) is 36.0 Å². The smallest absolute Gasteiger partial charge is 0.242 e.